The summed E-state index contributed by atoms with van der Waals surface area (Å²) in [4.78, 5) is 30.7. The van der Waals surface area contributed by atoms with Crippen molar-refractivity contribution in [2.24, 2.45) is 17.3 Å². The minimum atomic E-state index is -1.24. The Kier molecular flexibility index (Phi) is 10.5. The van der Waals surface area contributed by atoms with Crippen molar-refractivity contribution in [1.82, 2.24) is 4.98 Å². The highest BCUT2D eigenvalue weighted by atomic mass is 32.1. The third-order valence-corrected chi connectivity index (χ3v) is 8.62. The number of nitrogens with zero attached hydrogens (tertiary/aromatic N) is 1. The van der Waals surface area contributed by atoms with Crippen molar-refractivity contribution in [3.05, 3.63) is 21.7 Å². The van der Waals surface area contributed by atoms with Gasteiger partial charge >= 0.3 is 5.97 Å². The molecule has 0 amide bonds. The summed E-state index contributed by atoms with van der Waals surface area (Å²) in [5, 5.41) is 24.5. The van der Waals surface area contributed by atoms with E-state index in [1.54, 1.807) is 20.8 Å². The first-order valence-corrected chi connectivity index (χ1v) is 14.3. The predicted molar refractivity (Wildman–Crippen MR) is 142 cm³/mol. The summed E-state index contributed by atoms with van der Waals surface area (Å²) in [6.07, 6.45) is 2.11. The monoisotopic (exact) mass is 537 g/mol. The second-order valence-electron chi connectivity index (χ2n) is 11.1. The minimum absolute atomic E-state index is 0.0138. The van der Waals surface area contributed by atoms with Gasteiger partial charge in [-0.3, -0.25) is 9.59 Å². The van der Waals surface area contributed by atoms with E-state index in [1.807, 2.05) is 32.2 Å². The third kappa shape index (κ3) is 7.93. The Hall–Kier alpha value is -1.65. The molecule has 8 nitrogen and oxygen atoms in total. The maximum absolute atomic E-state index is 13.2. The van der Waals surface area contributed by atoms with Crippen molar-refractivity contribution in [1.29, 1.82) is 0 Å². The maximum atomic E-state index is 13.2. The summed E-state index contributed by atoms with van der Waals surface area (Å²) in [5.41, 5.74) is 0.410. The first kappa shape index (κ1) is 29.9. The van der Waals surface area contributed by atoms with Crippen molar-refractivity contribution in [3.8, 4) is 0 Å². The number of ether oxygens (including phenoxy) is 3. The average molecular weight is 538 g/mol. The summed E-state index contributed by atoms with van der Waals surface area (Å²) in [7, 11) is 0. The molecule has 0 saturated carbocycles. The number of Topliss-reactive ketones (excluding diaryl/α,β-unsaturated/α-hetero) is 1. The molecule has 0 bridgehead atoms. The number of aliphatic hydroxyl groups excluding tert-OH is 2. The zero-order chi connectivity index (χ0) is 27.3. The van der Waals surface area contributed by atoms with Gasteiger partial charge in [0, 0.05) is 24.3 Å². The Morgan fingerprint density at radius 3 is 2.68 bits per heavy atom. The van der Waals surface area contributed by atoms with Gasteiger partial charge in [0.2, 0.25) is 0 Å². The van der Waals surface area contributed by atoms with Crippen molar-refractivity contribution in [2.75, 3.05) is 6.61 Å². The number of aliphatic hydroxyl groups is 2. The van der Waals surface area contributed by atoms with E-state index in [-0.39, 0.29) is 30.3 Å². The third-order valence-electron chi connectivity index (χ3n) is 7.78. The minimum Gasteiger partial charge on any atom is -0.458 e. The molecule has 1 aromatic heterocycles. The van der Waals surface area contributed by atoms with Crippen LogP contribution in [0.4, 0.5) is 0 Å². The molecule has 0 aromatic carbocycles. The van der Waals surface area contributed by atoms with Gasteiger partial charge in [0.1, 0.15) is 16.9 Å². The lowest BCUT2D eigenvalue weighted by atomic mass is 9.73. The number of rotatable bonds is 5. The van der Waals surface area contributed by atoms with Gasteiger partial charge < -0.3 is 24.4 Å². The molecule has 3 heterocycles. The zero-order valence-electron chi connectivity index (χ0n) is 22.9. The first-order chi connectivity index (χ1) is 17.4. The molecule has 0 spiro atoms. The van der Waals surface area contributed by atoms with E-state index in [1.165, 1.54) is 11.3 Å². The van der Waals surface area contributed by atoms with Crippen LogP contribution in [0.1, 0.15) is 84.3 Å². The lowest BCUT2D eigenvalue weighted by molar-refractivity contribution is -0.154. The van der Waals surface area contributed by atoms with Crippen LogP contribution < -0.4 is 0 Å². The van der Waals surface area contributed by atoms with Gasteiger partial charge in [-0.05, 0) is 44.3 Å². The highest BCUT2D eigenvalue weighted by Crippen LogP contribution is 2.36. The van der Waals surface area contributed by atoms with Crippen molar-refractivity contribution < 1.29 is 34.0 Å². The standard InChI is InChI=1S/C28H43NO7S/c1-7-34-14-24-29-19(15-37-24)11-17(3)21-12-22-20(35-22)10-8-9-16(2)26(32)18(4)27(33)28(5,6)23(30)13-25(31)36-21/h11,15-16,18,20-23,26,30,32H,7-10,12-14H2,1-6H3/b17-11+/t16-,18+,20+,21-,22-,23-,26-/m0/s1. The van der Waals surface area contributed by atoms with E-state index < -0.39 is 35.6 Å². The Balaban J connectivity index is 1.79. The van der Waals surface area contributed by atoms with Crippen LogP contribution in [0.2, 0.25) is 0 Å². The van der Waals surface area contributed by atoms with E-state index in [9.17, 15) is 19.8 Å². The topological polar surface area (TPSA) is 118 Å². The summed E-state index contributed by atoms with van der Waals surface area (Å²) in [5.74, 6) is -1.56. The fourth-order valence-electron chi connectivity index (χ4n) is 4.98. The molecule has 0 radical (unpaired) electrons. The van der Waals surface area contributed by atoms with E-state index in [4.69, 9.17) is 14.2 Å². The maximum Gasteiger partial charge on any atom is 0.309 e. The smallest absolute Gasteiger partial charge is 0.309 e. The molecule has 1 aromatic rings. The van der Waals surface area contributed by atoms with E-state index in [0.717, 1.165) is 35.5 Å². The van der Waals surface area contributed by atoms with Gasteiger partial charge in [-0.2, -0.15) is 0 Å². The van der Waals surface area contributed by atoms with Crippen LogP contribution >= 0.6 is 11.3 Å². The second kappa shape index (κ2) is 12.9. The molecule has 37 heavy (non-hydrogen) atoms. The molecule has 208 valence electrons. The zero-order valence-corrected chi connectivity index (χ0v) is 23.8. The number of fused-ring (bicyclic) bond motifs is 1. The summed E-state index contributed by atoms with van der Waals surface area (Å²) < 4.78 is 17.2. The number of epoxide rings is 1. The largest absolute Gasteiger partial charge is 0.458 e. The number of thiazole rings is 1. The molecular weight excluding hydrogens is 494 g/mol. The SMILES string of the molecule is CCOCc1nc(/C=C(\C)[C@@H]2C[C@@H]3O[C@@H]3CCC[C@H](C)[C@H](O)[C@@H](C)C(=O)C(C)(C)[C@@H](O)CC(=O)O2)cs1. The Bertz CT molecular complexity index is 958. The lowest BCUT2D eigenvalue weighted by Gasteiger charge is -2.34. The van der Waals surface area contributed by atoms with E-state index >= 15 is 0 Å². The highest BCUT2D eigenvalue weighted by molar-refractivity contribution is 7.09. The van der Waals surface area contributed by atoms with E-state index in [2.05, 4.69) is 4.98 Å². The number of carbonyl (C=O) groups excluding carboxylic acids is 2. The van der Waals surface area contributed by atoms with Gasteiger partial charge in [-0.15, -0.1) is 11.3 Å². The summed E-state index contributed by atoms with van der Waals surface area (Å²) in [6.45, 7) is 11.8. The van der Waals surface area contributed by atoms with Crippen LogP contribution in [0.15, 0.2) is 11.0 Å². The highest BCUT2D eigenvalue weighted by Gasteiger charge is 2.44. The average Bonchev–Trinajstić information content (AvgIpc) is 3.43. The number of carbonyl (C=O) groups is 2. The van der Waals surface area contributed by atoms with Crippen molar-refractivity contribution in [3.63, 3.8) is 0 Å². The van der Waals surface area contributed by atoms with E-state index in [0.29, 0.717) is 19.6 Å². The van der Waals surface area contributed by atoms with Crippen LogP contribution in [0.3, 0.4) is 0 Å². The normalized spacial score (nSPS) is 34.1. The molecule has 3 rings (SSSR count). The van der Waals surface area contributed by atoms with Gasteiger partial charge in [0.15, 0.2) is 0 Å². The number of ketones is 1. The fourth-order valence-corrected chi connectivity index (χ4v) is 5.67. The molecule has 2 saturated heterocycles. The van der Waals surface area contributed by atoms with Crippen LogP contribution in [-0.2, 0) is 30.4 Å². The van der Waals surface area contributed by atoms with Crippen molar-refractivity contribution >= 4 is 29.2 Å². The quantitative estimate of drug-likeness (QED) is 0.421. The molecule has 2 N–H and O–H groups in total. The Morgan fingerprint density at radius 2 is 1.97 bits per heavy atom. The number of esters is 1. The number of hydrogen-bond donors (Lipinski definition) is 2. The Morgan fingerprint density at radius 1 is 1.24 bits per heavy atom. The number of aromatic nitrogens is 1. The molecule has 7 atom stereocenters. The van der Waals surface area contributed by atoms with Crippen LogP contribution in [0, 0.1) is 17.3 Å². The molecule has 2 fully saturated rings. The first-order valence-electron chi connectivity index (χ1n) is 13.4. The molecule has 2 aliphatic rings. The molecular formula is C28H43NO7S. The van der Waals surface area contributed by atoms with Gasteiger partial charge in [0.05, 0.1) is 48.6 Å². The molecule has 0 unspecified atom stereocenters. The Labute approximate surface area is 224 Å². The van der Waals surface area contributed by atoms with Gasteiger partial charge in [0.25, 0.3) is 0 Å². The number of cyclic esters (lactones) is 1. The van der Waals surface area contributed by atoms with Crippen LogP contribution in [0.5, 0.6) is 0 Å². The summed E-state index contributed by atoms with van der Waals surface area (Å²) >= 11 is 1.52. The molecule has 0 aliphatic carbocycles. The second-order valence-corrected chi connectivity index (χ2v) is 12.1. The lowest BCUT2D eigenvalue weighted by Crippen LogP contribution is -2.45. The van der Waals surface area contributed by atoms with Gasteiger partial charge in [-0.1, -0.05) is 34.1 Å². The molecule has 9 heteroatoms. The van der Waals surface area contributed by atoms with Crippen LogP contribution in [-0.4, -0.2) is 64.1 Å². The van der Waals surface area contributed by atoms with Crippen LogP contribution in [0.25, 0.3) is 6.08 Å². The van der Waals surface area contributed by atoms with Crippen molar-refractivity contribution in [2.45, 2.75) is 111 Å². The number of hydrogen-bond acceptors (Lipinski definition) is 9. The predicted octanol–water partition coefficient (Wildman–Crippen LogP) is 4.32. The van der Waals surface area contributed by atoms with Gasteiger partial charge in [-0.25, -0.2) is 4.98 Å². The summed E-state index contributed by atoms with van der Waals surface area (Å²) in [6, 6.07) is 0. The molecule has 2 aliphatic heterocycles. The fraction of sp³-hybridized carbons (Fsp3) is 0.750.